The molecule has 0 atom stereocenters. The summed E-state index contributed by atoms with van der Waals surface area (Å²) in [4.78, 5) is 10.8. The lowest BCUT2D eigenvalue weighted by Crippen LogP contribution is -2.07. The molecule has 0 spiro atoms. The number of hydrogen-bond donors (Lipinski definition) is 1. The zero-order valence-corrected chi connectivity index (χ0v) is 10.9. The van der Waals surface area contributed by atoms with E-state index in [-0.39, 0.29) is 11.3 Å². The fourth-order valence-electron chi connectivity index (χ4n) is 1.91. The Bertz CT molecular complexity index is 661. The standard InChI is InChI=1S/C15H11F3O3/c1-21-13-7-6-11(8-12(13)15(16,17)18)9-2-4-10(5-3-9)14(19)20/h2-8H,1H3,(H,19,20). The monoisotopic (exact) mass is 296 g/mol. The van der Waals surface area contributed by atoms with Crippen LogP contribution in [0.3, 0.4) is 0 Å². The van der Waals surface area contributed by atoms with Crippen molar-refractivity contribution >= 4 is 5.97 Å². The number of alkyl halides is 3. The molecule has 2 aromatic carbocycles. The van der Waals surface area contributed by atoms with E-state index in [1.807, 2.05) is 0 Å². The number of halogens is 3. The molecule has 0 saturated carbocycles. The largest absolute Gasteiger partial charge is 0.496 e. The number of hydrogen-bond acceptors (Lipinski definition) is 2. The van der Waals surface area contributed by atoms with Crippen molar-refractivity contribution in [3.63, 3.8) is 0 Å². The van der Waals surface area contributed by atoms with Gasteiger partial charge in [-0.05, 0) is 35.4 Å². The van der Waals surface area contributed by atoms with Crippen molar-refractivity contribution < 1.29 is 27.8 Å². The highest BCUT2D eigenvalue weighted by molar-refractivity contribution is 5.88. The molecule has 2 rings (SSSR count). The molecule has 0 aromatic heterocycles. The van der Waals surface area contributed by atoms with Crippen LogP contribution in [0, 0.1) is 0 Å². The summed E-state index contributed by atoms with van der Waals surface area (Å²) in [6, 6.07) is 9.32. The molecule has 0 saturated heterocycles. The average molecular weight is 296 g/mol. The van der Waals surface area contributed by atoms with Crippen molar-refractivity contribution in [3.8, 4) is 16.9 Å². The maximum Gasteiger partial charge on any atom is 0.419 e. The van der Waals surface area contributed by atoms with Gasteiger partial charge in [0, 0.05) is 0 Å². The molecule has 1 N–H and O–H groups in total. The third kappa shape index (κ3) is 3.16. The first-order valence-corrected chi connectivity index (χ1v) is 5.92. The second-order valence-electron chi connectivity index (χ2n) is 4.30. The summed E-state index contributed by atoms with van der Waals surface area (Å²) < 4.78 is 43.5. The van der Waals surface area contributed by atoms with E-state index in [4.69, 9.17) is 9.84 Å². The van der Waals surface area contributed by atoms with Gasteiger partial charge in [-0.25, -0.2) is 4.79 Å². The maximum atomic E-state index is 12.9. The van der Waals surface area contributed by atoms with Crippen LogP contribution in [-0.2, 0) is 6.18 Å². The van der Waals surface area contributed by atoms with Crippen LogP contribution >= 0.6 is 0 Å². The van der Waals surface area contributed by atoms with E-state index in [1.165, 1.54) is 43.5 Å². The summed E-state index contributed by atoms with van der Waals surface area (Å²) in [6.07, 6.45) is -4.53. The number of carbonyl (C=O) groups is 1. The Hall–Kier alpha value is -2.50. The summed E-state index contributed by atoms with van der Waals surface area (Å²) in [5.74, 6) is -1.35. The normalized spacial score (nSPS) is 11.2. The molecule has 0 unspecified atom stereocenters. The van der Waals surface area contributed by atoms with Crippen molar-refractivity contribution in [3.05, 3.63) is 53.6 Å². The lowest BCUT2D eigenvalue weighted by molar-refractivity contribution is -0.138. The van der Waals surface area contributed by atoms with E-state index in [0.717, 1.165) is 6.07 Å². The molecule has 0 aliphatic rings. The molecule has 0 heterocycles. The van der Waals surface area contributed by atoms with Crippen LogP contribution in [0.2, 0.25) is 0 Å². The molecule has 0 amide bonds. The summed E-state index contributed by atoms with van der Waals surface area (Å²) in [6.45, 7) is 0. The van der Waals surface area contributed by atoms with Gasteiger partial charge in [-0.15, -0.1) is 0 Å². The van der Waals surface area contributed by atoms with E-state index in [1.54, 1.807) is 0 Å². The first-order chi connectivity index (χ1) is 9.82. The summed E-state index contributed by atoms with van der Waals surface area (Å²) >= 11 is 0. The predicted octanol–water partition coefficient (Wildman–Crippen LogP) is 4.08. The maximum absolute atomic E-state index is 12.9. The van der Waals surface area contributed by atoms with E-state index in [9.17, 15) is 18.0 Å². The van der Waals surface area contributed by atoms with Gasteiger partial charge < -0.3 is 9.84 Å². The Morgan fingerprint density at radius 3 is 2.10 bits per heavy atom. The average Bonchev–Trinajstić information content (AvgIpc) is 2.45. The number of benzene rings is 2. The first-order valence-electron chi connectivity index (χ1n) is 5.92. The molecule has 0 bridgehead atoms. The highest BCUT2D eigenvalue weighted by Crippen LogP contribution is 2.38. The Balaban J connectivity index is 2.47. The van der Waals surface area contributed by atoms with Crippen LogP contribution in [0.5, 0.6) is 5.75 Å². The Morgan fingerprint density at radius 1 is 1.05 bits per heavy atom. The van der Waals surface area contributed by atoms with Crippen molar-refractivity contribution in [2.45, 2.75) is 6.18 Å². The molecule has 0 aliphatic heterocycles. The molecule has 2 aromatic rings. The van der Waals surface area contributed by atoms with Gasteiger partial charge in [0.15, 0.2) is 0 Å². The summed E-state index contributed by atoms with van der Waals surface area (Å²) in [5.41, 5.74) is 0.0290. The second kappa shape index (κ2) is 5.47. The molecule has 0 radical (unpaired) electrons. The lowest BCUT2D eigenvalue weighted by Gasteiger charge is -2.13. The minimum atomic E-state index is -4.53. The zero-order chi connectivity index (χ0) is 15.6. The van der Waals surface area contributed by atoms with Gasteiger partial charge in [-0.3, -0.25) is 0 Å². The van der Waals surface area contributed by atoms with Crippen LogP contribution in [0.25, 0.3) is 11.1 Å². The molecule has 3 nitrogen and oxygen atoms in total. The van der Waals surface area contributed by atoms with Gasteiger partial charge in [-0.2, -0.15) is 13.2 Å². The third-order valence-corrected chi connectivity index (χ3v) is 2.97. The number of rotatable bonds is 3. The van der Waals surface area contributed by atoms with Crippen molar-refractivity contribution in [2.24, 2.45) is 0 Å². The van der Waals surface area contributed by atoms with Crippen molar-refractivity contribution in [1.29, 1.82) is 0 Å². The third-order valence-electron chi connectivity index (χ3n) is 2.97. The van der Waals surface area contributed by atoms with Gasteiger partial charge in [-0.1, -0.05) is 18.2 Å². The van der Waals surface area contributed by atoms with Crippen LogP contribution in [0.4, 0.5) is 13.2 Å². The molecule has 110 valence electrons. The smallest absolute Gasteiger partial charge is 0.419 e. The van der Waals surface area contributed by atoms with Crippen molar-refractivity contribution in [2.75, 3.05) is 7.11 Å². The highest BCUT2D eigenvalue weighted by Gasteiger charge is 2.34. The molecule has 21 heavy (non-hydrogen) atoms. The summed E-state index contributed by atoms with van der Waals surface area (Å²) in [7, 11) is 1.17. The van der Waals surface area contributed by atoms with Crippen LogP contribution in [0.15, 0.2) is 42.5 Å². The first kappa shape index (κ1) is 14.9. The molecular formula is C15H11F3O3. The van der Waals surface area contributed by atoms with Gasteiger partial charge in [0.2, 0.25) is 0 Å². The molecule has 0 fully saturated rings. The zero-order valence-electron chi connectivity index (χ0n) is 10.9. The molecule has 0 aliphatic carbocycles. The SMILES string of the molecule is COc1ccc(-c2ccc(C(=O)O)cc2)cc1C(F)(F)F. The second-order valence-corrected chi connectivity index (χ2v) is 4.30. The van der Waals surface area contributed by atoms with Gasteiger partial charge >= 0.3 is 12.1 Å². The fraction of sp³-hybridized carbons (Fsp3) is 0.133. The molecule has 6 heteroatoms. The van der Waals surface area contributed by atoms with Crippen LogP contribution in [-0.4, -0.2) is 18.2 Å². The Morgan fingerprint density at radius 2 is 1.62 bits per heavy atom. The minimum Gasteiger partial charge on any atom is -0.496 e. The topological polar surface area (TPSA) is 46.5 Å². The van der Waals surface area contributed by atoms with Gasteiger partial charge in [0.25, 0.3) is 0 Å². The minimum absolute atomic E-state index is 0.0725. The summed E-state index contributed by atoms with van der Waals surface area (Å²) in [5, 5.41) is 8.80. The van der Waals surface area contributed by atoms with Gasteiger partial charge in [0.05, 0.1) is 18.2 Å². The number of carboxylic acid groups (broad SMARTS) is 1. The number of ether oxygens (including phenoxy) is 1. The fourth-order valence-corrected chi connectivity index (χ4v) is 1.91. The van der Waals surface area contributed by atoms with E-state index < -0.39 is 17.7 Å². The predicted molar refractivity (Wildman–Crippen MR) is 70.4 cm³/mol. The van der Waals surface area contributed by atoms with Gasteiger partial charge in [0.1, 0.15) is 5.75 Å². The van der Waals surface area contributed by atoms with Crippen LogP contribution < -0.4 is 4.74 Å². The van der Waals surface area contributed by atoms with Crippen molar-refractivity contribution in [1.82, 2.24) is 0 Å². The number of methoxy groups -OCH3 is 1. The number of carboxylic acids is 1. The Labute approximate surface area is 118 Å². The number of aromatic carboxylic acids is 1. The van der Waals surface area contributed by atoms with Crippen LogP contribution in [0.1, 0.15) is 15.9 Å². The molecular weight excluding hydrogens is 285 g/mol. The highest BCUT2D eigenvalue weighted by atomic mass is 19.4. The quantitative estimate of drug-likeness (QED) is 0.928. The van der Waals surface area contributed by atoms with E-state index in [0.29, 0.717) is 11.1 Å². The Kier molecular flexibility index (Phi) is 3.88. The van der Waals surface area contributed by atoms with E-state index >= 15 is 0 Å². The van der Waals surface area contributed by atoms with E-state index in [2.05, 4.69) is 0 Å². The lowest BCUT2D eigenvalue weighted by atomic mass is 10.0.